The van der Waals surface area contributed by atoms with E-state index in [0.29, 0.717) is 12.1 Å². The maximum absolute atomic E-state index is 5.20. The van der Waals surface area contributed by atoms with Gasteiger partial charge in [0.25, 0.3) is 0 Å². The third kappa shape index (κ3) is 4.04. The second-order valence-electron chi connectivity index (χ2n) is 4.64. The lowest BCUT2D eigenvalue weighted by atomic mass is 9.89. The second kappa shape index (κ2) is 8.04. The molecule has 0 aromatic carbocycles. The summed E-state index contributed by atoms with van der Waals surface area (Å²) in [4.78, 5) is 2.58. The van der Waals surface area contributed by atoms with Crippen LogP contribution < -0.4 is 5.32 Å². The number of ether oxygens (including phenoxy) is 1. The average Bonchev–Trinajstić information content (AvgIpc) is 2.32. The van der Waals surface area contributed by atoms with E-state index in [1.165, 1.54) is 25.7 Å². The van der Waals surface area contributed by atoms with Crippen molar-refractivity contribution in [3.05, 3.63) is 0 Å². The molecule has 1 aliphatic carbocycles. The van der Waals surface area contributed by atoms with Crippen LogP contribution in [0.4, 0.5) is 0 Å². The highest BCUT2D eigenvalue weighted by molar-refractivity contribution is 4.87. The van der Waals surface area contributed by atoms with Crippen LogP contribution in [-0.2, 0) is 4.74 Å². The Kier molecular flexibility index (Phi) is 7.01. The van der Waals surface area contributed by atoms with Crippen molar-refractivity contribution < 1.29 is 4.74 Å². The lowest BCUT2D eigenvalue weighted by molar-refractivity contribution is 0.0882. The highest BCUT2D eigenvalue weighted by atomic mass is 16.5. The van der Waals surface area contributed by atoms with E-state index in [2.05, 4.69) is 24.1 Å². The van der Waals surface area contributed by atoms with Crippen LogP contribution in [0.5, 0.6) is 0 Å². The van der Waals surface area contributed by atoms with Crippen LogP contribution in [0.25, 0.3) is 0 Å². The molecule has 0 bridgehead atoms. The molecule has 2 atom stereocenters. The van der Waals surface area contributed by atoms with Gasteiger partial charge in [0.15, 0.2) is 0 Å². The summed E-state index contributed by atoms with van der Waals surface area (Å²) in [5.74, 6) is 0. The molecule has 3 nitrogen and oxygen atoms in total. The lowest BCUT2D eigenvalue weighted by Crippen LogP contribution is -2.52. The molecule has 0 spiro atoms. The number of rotatable bonds is 7. The SMILES string of the molecule is CCNC1CCCCC1N(CC)CCOC. The van der Waals surface area contributed by atoms with Crippen LogP contribution in [0, 0.1) is 0 Å². The van der Waals surface area contributed by atoms with Crippen molar-refractivity contribution in [1.29, 1.82) is 0 Å². The van der Waals surface area contributed by atoms with Gasteiger partial charge in [0.05, 0.1) is 6.61 Å². The highest BCUT2D eigenvalue weighted by Crippen LogP contribution is 2.23. The Hall–Kier alpha value is -0.120. The van der Waals surface area contributed by atoms with Crippen LogP contribution in [0.1, 0.15) is 39.5 Å². The first-order valence-electron chi connectivity index (χ1n) is 6.79. The van der Waals surface area contributed by atoms with Gasteiger partial charge < -0.3 is 10.1 Å². The zero-order chi connectivity index (χ0) is 11.8. The summed E-state index contributed by atoms with van der Waals surface area (Å²) in [6, 6.07) is 1.41. The first kappa shape index (κ1) is 13.9. The molecule has 96 valence electrons. The zero-order valence-corrected chi connectivity index (χ0v) is 11.2. The van der Waals surface area contributed by atoms with Gasteiger partial charge in [-0.2, -0.15) is 0 Å². The molecule has 0 saturated heterocycles. The molecule has 3 heteroatoms. The van der Waals surface area contributed by atoms with Gasteiger partial charge in [0.1, 0.15) is 0 Å². The molecule has 1 fully saturated rings. The minimum absolute atomic E-state index is 0.690. The molecule has 0 aromatic rings. The van der Waals surface area contributed by atoms with Crippen molar-refractivity contribution in [2.45, 2.75) is 51.6 Å². The molecule has 1 saturated carbocycles. The van der Waals surface area contributed by atoms with E-state index in [-0.39, 0.29) is 0 Å². The van der Waals surface area contributed by atoms with Gasteiger partial charge in [-0.3, -0.25) is 4.90 Å². The third-order valence-electron chi connectivity index (χ3n) is 3.65. The first-order valence-corrected chi connectivity index (χ1v) is 6.79. The Labute approximate surface area is 101 Å². The summed E-state index contributed by atoms with van der Waals surface area (Å²) in [5, 5.41) is 3.64. The van der Waals surface area contributed by atoms with E-state index in [1.807, 2.05) is 0 Å². The van der Waals surface area contributed by atoms with E-state index in [1.54, 1.807) is 7.11 Å². The lowest BCUT2D eigenvalue weighted by Gasteiger charge is -2.40. The van der Waals surface area contributed by atoms with Crippen molar-refractivity contribution in [2.24, 2.45) is 0 Å². The van der Waals surface area contributed by atoms with Gasteiger partial charge in [-0.1, -0.05) is 26.7 Å². The maximum Gasteiger partial charge on any atom is 0.0589 e. The van der Waals surface area contributed by atoms with Crippen LogP contribution in [0.2, 0.25) is 0 Å². The average molecular weight is 228 g/mol. The van der Waals surface area contributed by atoms with Crippen LogP contribution in [-0.4, -0.2) is 50.3 Å². The van der Waals surface area contributed by atoms with Crippen molar-refractivity contribution >= 4 is 0 Å². The fraction of sp³-hybridized carbons (Fsp3) is 1.00. The number of nitrogens with zero attached hydrogens (tertiary/aromatic N) is 1. The van der Waals surface area contributed by atoms with Gasteiger partial charge in [-0.15, -0.1) is 0 Å². The molecule has 0 amide bonds. The smallest absolute Gasteiger partial charge is 0.0589 e. The summed E-state index contributed by atoms with van der Waals surface area (Å²) in [7, 11) is 1.79. The number of hydrogen-bond acceptors (Lipinski definition) is 3. The summed E-state index contributed by atoms with van der Waals surface area (Å²) >= 11 is 0. The third-order valence-corrected chi connectivity index (χ3v) is 3.65. The Morgan fingerprint density at radius 2 is 2.00 bits per heavy atom. The zero-order valence-electron chi connectivity index (χ0n) is 11.2. The normalized spacial score (nSPS) is 26.2. The molecule has 1 rings (SSSR count). The molecule has 16 heavy (non-hydrogen) atoms. The molecule has 0 radical (unpaired) electrons. The minimum Gasteiger partial charge on any atom is -0.383 e. The van der Waals surface area contributed by atoms with Crippen LogP contribution >= 0.6 is 0 Å². The number of hydrogen-bond donors (Lipinski definition) is 1. The molecule has 0 heterocycles. The van der Waals surface area contributed by atoms with Crippen molar-refractivity contribution in [3.63, 3.8) is 0 Å². The van der Waals surface area contributed by atoms with Crippen molar-refractivity contribution in [3.8, 4) is 0 Å². The van der Waals surface area contributed by atoms with E-state index >= 15 is 0 Å². The highest BCUT2D eigenvalue weighted by Gasteiger charge is 2.28. The summed E-state index contributed by atoms with van der Waals surface area (Å²) in [6.45, 7) is 8.60. The summed E-state index contributed by atoms with van der Waals surface area (Å²) in [6.07, 6.45) is 5.45. The second-order valence-corrected chi connectivity index (χ2v) is 4.64. The first-order chi connectivity index (χ1) is 7.83. The van der Waals surface area contributed by atoms with Crippen molar-refractivity contribution in [2.75, 3.05) is 33.4 Å². The number of likely N-dealkylation sites (N-methyl/N-ethyl adjacent to an activating group) is 2. The number of nitrogens with one attached hydrogen (secondary N) is 1. The minimum atomic E-state index is 0.690. The van der Waals surface area contributed by atoms with Crippen LogP contribution in [0.3, 0.4) is 0 Å². The van der Waals surface area contributed by atoms with Gasteiger partial charge in [-0.25, -0.2) is 0 Å². The maximum atomic E-state index is 5.20. The standard InChI is InChI=1S/C13H28N2O/c1-4-14-12-8-6-7-9-13(12)15(5-2)10-11-16-3/h12-14H,4-11H2,1-3H3. The quantitative estimate of drug-likeness (QED) is 0.720. The summed E-state index contributed by atoms with van der Waals surface area (Å²) < 4.78 is 5.20. The Bertz CT molecular complexity index is 173. The molecule has 0 aliphatic heterocycles. The van der Waals surface area contributed by atoms with Gasteiger partial charge in [-0.05, 0) is 25.9 Å². The number of methoxy groups -OCH3 is 1. The topological polar surface area (TPSA) is 24.5 Å². The Morgan fingerprint density at radius 1 is 1.25 bits per heavy atom. The Balaban J connectivity index is 2.49. The monoisotopic (exact) mass is 228 g/mol. The van der Waals surface area contributed by atoms with E-state index in [9.17, 15) is 0 Å². The van der Waals surface area contributed by atoms with E-state index < -0.39 is 0 Å². The fourth-order valence-corrected chi connectivity index (χ4v) is 2.82. The van der Waals surface area contributed by atoms with Gasteiger partial charge in [0, 0.05) is 25.7 Å². The van der Waals surface area contributed by atoms with E-state index in [0.717, 1.165) is 26.2 Å². The van der Waals surface area contributed by atoms with E-state index in [4.69, 9.17) is 4.74 Å². The van der Waals surface area contributed by atoms with Crippen LogP contribution in [0.15, 0.2) is 0 Å². The summed E-state index contributed by atoms with van der Waals surface area (Å²) in [5.41, 5.74) is 0. The largest absolute Gasteiger partial charge is 0.383 e. The predicted molar refractivity (Wildman–Crippen MR) is 68.8 cm³/mol. The fourth-order valence-electron chi connectivity index (χ4n) is 2.82. The molecular formula is C13H28N2O. The molecule has 2 unspecified atom stereocenters. The molecule has 1 N–H and O–H groups in total. The van der Waals surface area contributed by atoms with Crippen molar-refractivity contribution in [1.82, 2.24) is 10.2 Å². The molecule has 0 aromatic heterocycles. The molecule has 1 aliphatic rings. The Morgan fingerprint density at radius 3 is 2.62 bits per heavy atom. The predicted octanol–water partition coefficient (Wildman–Crippen LogP) is 1.88. The molecular weight excluding hydrogens is 200 g/mol. The van der Waals surface area contributed by atoms with Gasteiger partial charge >= 0.3 is 0 Å². The van der Waals surface area contributed by atoms with Gasteiger partial charge in [0.2, 0.25) is 0 Å².